The van der Waals surface area contributed by atoms with Crippen LogP contribution in [0.1, 0.15) is 11.3 Å². The van der Waals surface area contributed by atoms with Crippen molar-refractivity contribution in [1.29, 1.82) is 0 Å². The number of thioether (sulfide) groups is 1. The fourth-order valence-corrected chi connectivity index (χ4v) is 3.44. The molecule has 31 heavy (non-hydrogen) atoms. The van der Waals surface area contributed by atoms with Crippen LogP contribution in [0.2, 0.25) is 0 Å². The average Bonchev–Trinajstić information content (AvgIpc) is 3.26. The highest BCUT2D eigenvalue weighted by molar-refractivity contribution is 8.00. The molecule has 0 radical (unpaired) electrons. The van der Waals surface area contributed by atoms with Crippen LogP contribution >= 0.6 is 11.8 Å². The molecule has 0 aliphatic carbocycles. The zero-order valence-electron chi connectivity index (χ0n) is 15.8. The molecule has 0 spiro atoms. The van der Waals surface area contributed by atoms with Crippen molar-refractivity contribution in [3.05, 3.63) is 47.9 Å². The van der Waals surface area contributed by atoms with E-state index in [1.54, 1.807) is 24.6 Å². The molecule has 4 rings (SSSR count). The number of rotatable bonds is 3. The molecule has 4 aromatic heterocycles. The lowest BCUT2D eigenvalue weighted by molar-refractivity contribution is -0.141. The van der Waals surface area contributed by atoms with Gasteiger partial charge in [-0.1, -0.05) is 6.07 Å². The summed E-state index contributed by atoms with van der Waals surface area (Å²) >= 11 is -0.346. The van der Waals surface area contributed by atoms with Crippen LogP contribution in [0.25, 0.3) is 28.4 Å². The second kappa shape index (κ2) is 7.25. The van der Waals surface area contributed by atoms with E-state index in [4.69, 9.17) is 0 Å². The van der Waals surface area contributed by atoms with E-state index >= 15 is 0 Å². The van der Waals surface area contributed by atoms with Gasteiger partial charge in [0.25, 0.3) is 0 Å². The monoisotopic (exact) mass is 458 g/mol. The maximum absolute atomic E-state index is 12.8. The molecule has 0 amide bonds. The normalized spacial score (nSPS) is 12.6. The van der Waals surface area contributed by atoms with Gasteiger partial charge in [0.1, 0.15) is 10.7 Å². The van der Waals surface area contributed by atoms with Crippen LogP contribution < -0.4 is 0 Å². The Morgan fingerprint density at radius 3 is 2.39 bits per heavy atom. The van der Waals surface area contributed by atoms with Crippen molar-refractivity contribution < 1.29 is 26.3 Å². The second-order valence-electron chi connectivity index (χ2n) is 6.53. The number of nitrogens with zero attached hydrogens (tertiary/aromatic N) is 6. The zero-order chi connectivity index (χ0) is 22.6. The summed E-state index contributed by atoms with van der Waals surface area (Å²) in [5.41, 5.74) is -3.76. The molecular weight excluding hydrogens is 446 g/mol. The summed E-state index contributed by atoms with van der Waals surface area (Å²) in [5, 5.41) is 3.26. The SMILES string of the molecule is Cc1ccc(-n2ccc(C(F)(F)F)n2)nc1-c1nc2cc(SC(F)(F)F)ncc2n1C. The summed E-state index contributed by atoms with van der Waals surface area (Å²) in [6, 6.07) is 5.21. The maximum Gasteiger partial charge on any atom is 0.447 e. The zero-order valence-corrected chi connectivity index (χ0v) is 16.6. The van der Waals surface area contributed by atoms with Crippen molar-refractivity contribution in [2.75, 3.05) is 0 Å². The maximum atomic E-state index is 12.8. The quantitative estimate of drug-likeness (QED) is 0.314. The van der Waals surface area contributed by atoms with Gasteiger partial charge in [-0.15, -0.1) is 0 Å². The Kier molecular flexibility index (Phi) is 4.95. The van der Waals surface area contributed by atoms with Crippen LogP contribution in [0.15, 0.2) is 41.7 Å². The van der Waals surface area contributed by atoms with Crippen LogP contribution in [0.3, 0.4) is 0 Å². The van der Waals surface area contributed by atoms with Gasteiger partial charge in [0.2, 0.25) is 0 Å². The lowest BCUT2D eigenvalue weighted by Crippen LogP contribution is -2.08. The summed E-state index contributed by atoms with van der Waals surface area (Å²) in [6.45, 7) is 1.73. The molecule has 0 saturated heterocycles. The number of aryl methyl sites for hydroxylation is 2. The number of alkyl halides is 6. The van der Waals surface area contributed by atoms with Crippen molar-refractivity contribution in [3.63, 3.8) is 0 Å². The number of fused-ring (bicyclic) bond motifs is 1. The molecule has 0 aliphatic rings. The predicted molar refractivity (Wildman–Crippen MR) is 101 cm³/mol. The molecule has 162 valence electrons. The average molecular weight is 458 g/mol. The molecule has 4 aromatic rings. The van der Waals surface area contributed by atoms with Crippen LogP contribution in [-0.2, 0) is 13.2 Å². The largest absolute Gasteiger partial charge is 0.447 e. The van der Waals surface area contributed by atoms with E-state index in [0.717, 1.165) is 16.9 Å². The van der Waals surface area contributed by atoms with Crippen LogP contribution in [-0.4, -0.2) is 34.8 Å². The van der Waals surface area contributed by atoms with Crippen LogP contribution in [0.5, 0.6) is 0 Å². The van der Waals surface area contributed by atoms with Crippen molar-refractivity contribution in [1.82, 2.24) is 29.3 Å². The lowest BCUT2D eigenvalue weighted by Gasteiger charge is -2.08. The van der Waals surface area contributed by atoms with Crippen LogP contribution in [0.4, 0.5) is 26.3 Å². The first-order valence-corrected chi connectivity index (χ1v) is 9.43. The molecule has 0 N–H and O–H groups in total. The number of imidazole rings is 1. The van der Waals surface area contributed by atoms with Gasteiger partial charge in [-0.3, -0.25) is 0 Å². The summed E-state index contributed by atoms with van der Waals surface area (Å²) in [6.07, 6.45) is -2.17. The van der Waals surface area contributed by atoms with E-state index in [1.807, 2.05) is 0 Å². The summed E-state index contributed by atoms with van der Waals surface area (Å²) in [5.74, 6) is 0.461. The molecule has 0 aliphatic heterocycles. The molecular formula is C18H12F6N6S. The minimum atomic E-state index is -4.59. The Labute approximate surface area is 174 Å². The molecule has 6 nitrogen and oxygen atoms in total. The Morgan fingerprint density at radius 1 is 1.00 bits per heavy atom. The highest BCUT2D eigenvalue weighted by Gasteiger charge is 2.34. The Hall–Kier alpha value is -3.09. The third-order valence-electron chi connectivity index (χ3n) is 4.37. The number of hydrogen-bond donors (Lipinski definition) is 0. The summed E-state index contributed by atoms with van der Waals surface area (Å²) < 4.78 is 79.0. The van der Waals surface area contributed by atoms with E-state index in [2.05, 4.69) is 20.1 Å². The Balaban J connectivity index is 1.78. The molecule has 0 unspecified atom stereocenters. The first-order valence-electron chi connectivity index (χ1n) is 8.62. The molecule has 0 bridgehead atoms. The van der Waals surface area contributed by atoms with Gasteiger partial charge in [0, 0.05) is 25.0 Å². The lowest BCUT2D eigenvalue weighted by atomic mass is 10.2. The van der Waals surface area contributed by atoms with Gasteiger partial charge in [-0.25, -0.2) is 19.6 Å². The topological polar surface area (TPSA) is 61.4 Å². The van der Waals surface area contributed by atoms with Crippen molar-refractivity contribution in [2.45, 2.75) is 23.6 Å². The summed E-state index contributed by atoms with van der Waals surface area (Å²) in [4.78, 5) is 12.6. The molecule has 13 heteroatoms. The van der Waals surface area contributed by atoms with Gasteiger partial charge >= 0.3 is 11.7 Å². The first kappa shape index (κ1) is 21.2. The fraction of sp³-hybridized carbons (Fsp3) is 0.222. The third-order valence-corrected chi connectivity index (χ3v) is 5.03. The Bertz CT molecular complexity index is 1270. The molecule has 0 fully saturated rings. The van der Waals surface area contributed by atoms with Crippen LogP contribution in [0, 0.1) is 6.92 Å². The van der Waals surface area contributed by atoms with Crippen molar-refractivity contribution >= 4 is 22.8 Å². The van der Waals surface area contributed by atoms with Gasteiger partial charge < -0.3 is 4.57 Å². The minimum absolute atomic E-state index is 0.134. The van der Waals surface area contributed by atoms with E-state index < -0.39 is 17.4 Å². The molecule has 0 aromatic carbocycles. The van der Waals surface area contributed by atoms with Crippen molar-refractivity contribution in [3.8, 4) is 17.3 Å². The van der Waals surface area contributed by atoms with Gasteiger partial charge in [0.15, 0.2) is 17.3 Å². The fourth-order valence-electron chi connectivity index (χ4n) is 2.93. The molecule has 0 atom stereocenters. The van der Waals surface area contributed by atoms with E-state index in [0.29, 0.717) is 22.6 Å². The van der Waals surface area contributed by atoms with Gasteiger partial charge in [0.05, 0.1) is 17.2 Å². The predicted octanol–water partition coefficient (Wildman–Crippen LogP) is 5.16. The summed E-state index contributed by atoms with van der Waals surface area (Å²) in [7, 11) is 1.65. The first-order chi connectivity index (χ1) is 14.4. The standard InChI is InChI=1S/C18H12F6N6S/c1-9-3-4-13(30-6-5-12(28-30)17(19,20)21)27-15(9)16-26-10-7-14(31-18(22,23)24)25-8-11(10)29(16)2/h3-8H,1-2H3. The second-order valence-corrected chi connectivity index (χ2v) is 7.62. The van der Waals surface area contributed by atoms with Gasteiger partial charge in [-0.05, 0) is 30.7 Å². The smallest absolute Gasteiger partial charge is 0.325 e. The third kappa shape index (κ3) is 4.22. The number of aromatic nitrogens is 6. The number of pyridine rings is 2. The highest BCUT2D eigenvalue weighted by atomic mass is 32.2. The van der Waals surface area contributed by atoms with E-state index in [9.17, 15) is 26.3 Å². The van der Waals surface area contributed by atoms with E-state index in [1.165, 1.54) is 18.3 Å². The van der Waals surface area contributed by atoms with Gasteiger partial charge in [-0.2, -0.15) is 31.4 Å². The minimum Gasteiger partial charge on any atom is -0.325 e. The van der Waals surface area contributed by atoms with Crippen molar-refractivity contribution in [2.24, 2.45) is 7.05 Å². The number of hydrogen-bond acceptors (Lipinski definition) is 5. The van der Waals surface area contributed by atoms with E-state index in [-0.39, 0.29) is 28.1 Å². The molecule has 0 saturated carbocycles. The highest BCUT2D eigenvalue weighted by Crippen LogP contribution is 2.37. The number of halogens is 6. The Morgan fingerprint density at radius 2 is 1.74 bits per heavy atom. The molecule has 4 heterocycles.